The lowest BCUT2D eigenvalue weighted by atomic mass is 10.00. The summed E-state index contributed by atoms with van der Waals surface area (Å²) in [5.41, 5.74) is 0.409. The summed E-state index contributed by atoms with van der Waals surface area (Å²) < 4.78 is 1.77. The Morgan fingerprint density at radius 3 is 2.87 bits per heavy atom. The number of hydrogen-bond acceptors (Lipinski definition) is 4. The summed E-state index contributed by atoms with van der Waals surface area (Å²) in [7, 11) is 4.00. The molecular weight excluding hydrogens is 294 g/mol. The van der Waals surface area contributed by atoms with Crippen LogP contribution in [0.5, 0.6) is 0 Å². The third kappa shape index (κ3) is 4.54. The molecule has 0 aromatic carbocycles. The molecule has 0 bridgehead atoms. The van der Waals surface area contributed by atoms with Crippen LogP contribution in [-0.4, -0.2) is 71.2 Å². The van der Waals surface area contributed by atoms with Gasteiger partial charge in [0.2, 0.25) is 5.91 Å². The maximum absolute atomic E-state index is 12.7. The first-order valence-electron chi connectivity index (χ1n) is 8.15. The van der Waals surface area contributed by atoms with E-state index in [2.05, 4.69) is 29.2 Å². The fraction of sp³-hybridized carbons (Fsp3) is 0.688. The van der Waals surface area contributed by atoms with Crippen LogP contribution in [0.4, 0.5) is 0 Å². The van der Waals surface area contributed by atoms with Crippen LogP contribution in [0.15, 0.2) is 12.3 Å². The second-order valence-corrected chi connectivity index (χ2v) is 6.70. The largest absolute Gasteiger partial charge is 0.353 e. The molecule has 128 valence electrons. The molecule has 0 radical (unpaired) electrons. The second kappa shape index (κ2) is 7.59. The van der Waals surface area contributed by atoms with Gasteiger partial charge in [0, 0.05) is 25.8 Å². The van der Waals surface area contributed by atoms with Gasteiger partial charge in [-0.3, -0.25) is 14.3 Å². The molecule has 0 spiro atoms. The predicted octanol–water partition coefficient (Wildman–Crippen LogP) is 0.431. The van der Waals surface area contributed by atoms with Crippen molar-refractivity contribution in [3.05, 3.63) is 18.0 Å². The molecule has 1 aliphatic rings. The molecule has 2 amide bonds. The number of likely N-dealkylation sites (N-methyl/N-ethyl adjacent to an activating group) is 1. The van der Waals surface area contributed by atoms with Gasteiger partial charge >= 0.3 is 0 Å². The van der Waals surface area contributed by atoms with Gasteiger partial charge in [-0.25, -0.2) is 0 Å². The van der Waals surface area contributed by atoms with Crippen LogP contribution in [0, 0.1) is 5.92 Å². The van der Waals surface area contributed by atoms with E-state index in [-0.39, 0.29) is 11.8 Å². The Morgan fingerprint density at radius 1 is 1.48 bits per heavy atom. The highest BCUT2D eigenvalue weighted by atomic mass is 16.2. The van der Waals surface area contributed by atoms with Gasteiger partial charge in [0.1, 0.15) is 11.7 Å². The zero-order chi connectivity index (χ0) is 17.0. The Balaban J connectivity index is 2.09. The van der Waals surface area contributed by atoms with Crippen molar-refractivity contribution in [3.63, 3.8) is 0 Å². The topological polar surface area (TPSA) is 70.5 Å². The van der Waals surface area contributed by atoms with Crippen LogP contribution >= 0.6 is 0 Å². The molecule has 1 aromatic rings. The third-order valence-electron chi connectivity index (χ3n) is 3.92. The molecular formula is C16H27N5O2. The van der Waals surface area contributed by atoms with E-state index in [0.29, 0.717) is 31.1 Å². The van der Waals surface area contributed by atoms with Gasteiger partial charge in [-0.2, -0.15) is 5.10 Å². The number of aromatic nitrogens is 2. The highest BCUT2D eigenvalue weighted by Crippen LogP contribution is 2.17. The SMILES string of the molecule is CC(C)C[C@H]1C(=O)NCCN1C(=O)c1ccn(CCN(C)C)n1. The fourth-order valence-corrected chi connectivity index (χ4v) is 2.69. The van der Waals surface area contributed by atoms with Crippen LogP contribution in [0.2, 0.25) is 0 Å². The summed E-state index contributed by atoms with van der Waals surface area (Å²) in [5.74, 6) is 0.122. The van der Waals surface area contributed by atoms with E-state index in [9.17, 15) is 9.59 Å². The van der Waals surface area contributed by atoms with Crippen molar-refractivity contribution in [2.24, 2.45) is 5.92 Å². The van der Waals surface area contributed by atoms with Gasteiger partial charge in [0.15, 0.2) is 0 Å². The van der Waals surface area contributed by atoms with Crippen molar-refractivity contribution in [1.29, 1.82) is 0 Å². The summed E-state index contributed by atoms with van der Waals surface area (Å²) in [6, 6.07) is 1.33. The lowest BCUT2D eigenvalue weighted by Gasteiger charge is -2.35. The zero-order valence-electron chi connectivity index (χ0n) is 14.5. The first-order chi connectivity index (χ1) is 10.9. The molecule has 7 heteroatoms. The number of carbonyl (C=O) groups excluding carboxylic acids is 2. The van der Waals surface area contributed by atoms with E-state index < -0.39 is 6.04 Å². The van der Waals surface area contributed by atoms with E-state index in [0.717, 1.165) is 13.1 Å². The monoisotopic (exact) mass is 321 g/mol. The van der Waals surface area contributed by atoms with Gasteiger partial charge in [-0.15, -0.1) is 0 Å². The van der Waals surface area contributed by atoms with Crippen molar-refractivity contribution in [2.75, 3.05) is 33.7 Å². The third-order valence-corrected chi connectivity index (χ3v) is 3.92. The maximum Gasteiger partial charge on any atom is 0.275 e. The van der Waals surface area contributed by atoms with Crippen molar-refractivity contribution in [3.8, 4) is 0 Å². The fourth-order valence-electron chi connectivity index (χ4n) is 2.69. The van der Waals surface area contributed by atoms with Crippen molar-refractivity contribution >= 4 is 11.8 Å². The molecule has 0 aliphatic carbocycles. The number of carbonyl (C=O) groups is 2. The molecule has 2 rings (SSSR count). The summed E-state index contributed by atoms with van der Waals surface area (Å²) in [4.78, 5) is 28.6. The summed E-state index contributed by atoms with van der Waals surface area (Å²) in [6.07, 6.45) is 2.48. The van der Waals surface area contributed by atoms with Crippen LogP contribution in [0.25, 0.3) is 0 Å². The first-order valence-corrected chi connectivity index (χ1v) is 8.15. The van der Waals surface area contributed by atoms with Gasteiger partial charge in [-0.1, -0.05) is 13.8 Å². The molecule has 1 saturated heterocycles. The summed E-state index contributed by atoms with van der Waals surface area (Å²) in [6.45, 7) is 6.74. The standard InChI is InChI=1S/C16H27N5O2/c1-12(2)11-14-15(22)17-6-8-21(14)16(23)13-5-7-20(18-13)10-9-19(3)4/h5,7,12,14H,6,8-11H2,1-4H3,(H,17,22)/t14-/m0/s1. The van der Waals surface area contributed by atoms with Crippen molar-refractivity contribution < 1.29 is 9.59 Å². The summed E-state index contributed by atoms with van der Waals surface area (Å²) >= 11 is 0. The second-order valence-electron chi connectivity index (χ2n) is 6.70. The zero-order valence-corrected chi connectivity index (χ0v) is 14.5. The Morgan fingerprint density at radius 2 is 2.22 bits per heavy atom. The average molecular weight is 321 g/mol. The smallest absolute Gasteiger partial charge is 0.275 e. The molecule has 0 unspecified atom stereocenters. The van der Waals surface area contributed by atoms with E-state index in [1.54, 1.807) is 15.6 Å². The van der Waals surface area contributed by atoms with Gasteiger partial charge in [0.25, 0.3) is 5.91 Å². The first kappa shape index (κ1) is 17.5. The average Bonchev–Trinajstić information content (AvgIpc) is 2.95. The Bertz CT molecular complexity index is 552. The van der Waals surface area contributed by atoms with Crippen molar-refractivity contribution in [2.45, 2.75) is 32.9 Å². The van der Waals surface area contributed by atoms with E-state index >= 15 is 0 Å². The minimum absolute atomic E-state index is 0.0645. The van der Waals surface area contributed by atoms with Gasteiger partial charge in [-0.05, 0) is 32.5 Å². The molecule has 1 fully saturated rings. The molecule has 23 heavy (non-hydrogen) atoms. The van der Waals surface area contributed by atoms with Gasteiger partial charge < -0.3 is 15.1 Å². The van der Waals surface area contributed by atoms with E-state index in [1.165, 1.54) is 0 Å². The van der Waals surface area contributed by atoms with Gasteiger partial charge in [0.05, 0.1) is 6.54 Å². The number of hydrogen-bond donors (Lipinski definition) is 1. The number of rotatable bonds is 6. The minimum Gasteiger partial charge on any atom is -0.353 e. The van der Waals surface area contributed by atoms with Crippen LogP contribution in [0.3, 0.4) is 0 Å². The number of nitrogens with one attached hydrogen (secondary N) is 1. The lowest BCUT2D eigenvalue weighted by Crippen LogP contribution is -2.57. The van der Waals surface area contributed by atoms with Crippen LogP contribution < -0.4 is 5.32 Å². The molecule has 1 aliphatic heterocycles. The highest BCUT2D eigenvalue weighted by Gasteiger charge is 2.34. The molecule has 1 atom stereocenters. The number of nitrogens with zero attached hydrogens (tertiary/aromatic N) is 4. The van der Waals surface area contributed by atoms with Crippen LogP contribution in [0.1, 0.15) is 30.8 Å². The number of amides is 2. The highest BCUT2D eigenvalue weighted by molar-refractivity contribution is 5.96. The summed E-state index contributed by atoms with van der Waals surface area (Å²) in [5, 5.41) is 7.21. The van der Waals surface area contributed by atoms with Crippen LogP contribution in [-0.2, 0) is 11.3 Å². The predicted molar refractivity (Wildman–Crippen MR) is 88.1 cm³/mol. The van der Waals surface area contributed by atoms with Crippen molar-refractivity contribution in [1.82, 2.24) is 24.9 Å². The molecule has 1 N–H and O–H groups in total. The molecule has 7 nitrogen and oxygen atoms in total. The minimum atomic E-state index is -0.400. The molecule has 0 saturated carbocycles. The Labute approximate surface area is 137 Å². The molecule has 1 aromatic heterocycles. The van der Waals surface area contributed by atoms with E-state index in [4.69, 9.17) is 0 Å². The lowest BCUT2D eigenvalue weighted by molar-refractivity contribution is -0.128. The quantitative estimate of drug-likeness (QED) is 0.825. The number of piperazine rings is 1. The molecule has 2 heterocycles. The normalized spacial score (nSPS) is 18.6. The van der Waals surface area contributed by atoms with E-state index in [1.807, 2.05) is 20.3 Å². The Hall–Kier alpha value is -1.89. The maximum atomic E-state index is 12.7. The Kier molecular flexibility index (Phi) is 5.76.